The molecular weight excluding hydrogens is 379 g/mol. The van der Waals surface area contributed by atoms with Crippen molar-refractivity contribution in [3.8, 4) is 0 Å². The zero-order valence-corrected chi connectivity index (χ0v) is 16.1. The largest absolute Gasteiger partial charge is 0.376 e. The van der Waals surface area contributed by atoms with E-state index in [9.17, 15) is 4.79 Å². The van der Waals surface area contributed by atoms with Gasteiger partial charge in [-0.1, -0.05) is 23.7 Å². The average molecular weight is 399 g/mol. The summed E-state index contributed by atoms with van der Waals surface area (Å²) in [6.07, 6.45) is 0.909. The van der Waals surface area contributed by atoms with Crippen LogP contribution >= 0.6 is 35.3 Å². The van der Waals surface area contributed by atoms with Gasteiger partial charge in [0.2, 0.25) is 0 Å². The molecule has 1 aromatic heterocycles. The van der Waals surface area contributed by atoms with E-state index in [1.807, 2.05) is 35.2 Å². The second-order valence-electron chi connectivity index (χ2n) is 6.14. The second kappa shape index (κ2) is 8.06. The Hall–Kier alpha value is -1.11. The van der Waals surface area contributed by atoms with Crippen molar-refractivity contribution in [3.05, 3.63) is 56.2 Å². The third-order valence-electron chi connectivity index (χ3n) is 4.58. The number of thiophene rings is 1. The van der Waals surface area contributed by atoms with Gasteiger partial charge in [-0.3, -0.25) is 4.79 Å². The van der Waals surface area contributed by atoms with Gasteiger partial charge in [0, 0.05) is 36.0 Å². The van der Waals surface area contributed by atoms with Crippen molar-refractivity contribution in [2.45, 2.75) is 19.1 Å². The summed E-state index contributed by atoms with van der Waals surface area (Å²) >= 11 is 7.76. The highest BCUT2D eigenvalue weighted by Gasteiger charge is 2.30. The molecule has 134 valence electrons. The fourth-order valence-corrected chi connectivity index (χ4v) is 4.66. The number of halogens is 2. The monoisotopic (exact) mass is 398 g/mol. The van der Waals surface area contributed by atoms with E-state index in [-0.39, 0.29) is 24.4 Å². The molecule has 25 heavy (non-hydrogen) atoms. The highest BCUT2D eigenvalue weighted by molar-refractivity contribution is 7.14. The van der Waals surface area contributed by atoms with Gasteiger partial charge in [0.05, 0.1) is 24.1 Å². The number of ether oxygens (including phenoxy) is 1. The number of rotatable bonds is 2. The summed E-state index contributed by atoms with van der Waals surface area (Å²) in [7, 11) is 0. The van der Waals surface area contributed by atoms with Crippen LogP contribution in [0, 0.1) is 0 Å². The summed E-state index contributed by atoms with van der Waals surface area (Å²) in [6, 6.07) is 9.82. The Bertz CT molecular complexity index is 742. The molecule has 1 N–H and O–H groups in total. The highest BCUT2D eigenvalue weighted by Crippen LogP contribution is 2.31. The van der Waals surface area contributed by atoms with Gasteiger partial charge in [0.15, 0.2) is 0 Å². The molecule has 4 rings (SSSR count). The van der Waals surface area contributed by atoms with Crippen molar-refractivity contribution < 1.29 is 9.53 Å². The van der Waals surface area contributed by atoms with Crippen molar-refractivity contribution in [1.29, 1.82) is 0 Å². The van der Waals surface area contributed by atoms with E-state index in [1.165, 1.54) is 10.4 Å². The summed E-state index contributed by atoms with van der Waals surface area (Å²) < 4.78 is 5.50. The minimum atomic E-state index is 0. The number of carbonyl (C=O) groups excluding carboxylic acids is 1. The van der Waals surface area contributed by atoms with E-state index in [4.69, 9.17) is 16.3 Å². The predicted octanol–water partition coefficient (Wildman–Crippen LogP) is 3.68. The first kappa shape index (κ1) is 18.7. The van der Waals surface area contributed by atoms with Gasteiger partial charge in [-0.05, 0) is 29.3 Å². The number of hydrogen-bond donors (Lipinski definition) is 1. The summed E-state index contributed by atoms with van der Waals surface area (Å²) in [6.45, 7) is 3.64. The van der Waals surface area contributed by atoms with Crippen LogP contribution in [0.25, 0.3) is 0 Å². The first-order valence-corrected chi connectivity index (χ1v) is 9.38. The van der Waals surface area contributed by atoms with Crippen LogP contribution in [0.1, 0.15) is 31.7 Å². The Balaban J connectivity index is 0.00000182. The fraction of sp³-hybridized carbons (Fsp3) is 0.389. The average Bonchev–Trinajstić information content (AvgIpc) is 3.05. The van der Waals surface area contributed by atoms with Crippen molar-refractivity contribution in [2.24, 2.45) is 0 Å². The van der Waals surface area contributed by atoms with Gasteiger partial charge in [0.1, 0.15) is 0 Å². The van der Waals surface area contributed by atoms with Gasteiger partial charge >= 0.3 is 0 Å². The summed E-state index contributed by atoms with van der Waals surface area (Å²) in [4.78, 5) is 17.2. The van der Waals surface area contributed by atoms with Crippen molar-refractivity contribution in [2.75, 3.05) is 26.2 Å². The number of nitrogens with one attached hydrogen (secondary N) is 1. The van der Waals surface area contributed by atoms with Gasteiger partial charge in [-0.25, -0.2) is 0 Å². The molecule has 1 amide bonds. The van der Waals surface area contributed by atoms with Crippen molar-refractivity contribution >= 4 is 41.3 Å². The molecule has 4 nitrogen and oxygen atoms in total. The molecular formula is C18H20Cl2N2O2S. The van der Waals surface area contributed by atoms with Crippen LogP contribution in [0.3, 0.4) is 0 Å². The van der Waals surface area contributed by atoms with E-state index < -0.39 is 0 Å². The maximum atomic E-state index is 13.1. The Kier molecular flexibility index (Phi) is 6.02. The molecule has 7 heteroatoms. The van der Waals surface area contributed by atoms with E-state index in [0.717, 1.165) is 36.6 Å². The zero-order chi connectivity index (χ0) is 16.5. The topological polar surface area (TPSA) is 41.6 Å². The number of piperazine rings is 1. The minimum absolute atomic E-state index is 0. The molecule has 2 aromatic rings. The van der Waals surface area contributed by atoms with Crippen LogP contribution in [-0.4, -0.2) is 37.0 Å². The van der Waals surface area contributed by atoms with E-state index in [1.54, 1.807) is 11.3 Å². The molecule has 0 saturated carbocycles. The van der Waals surface area contributed by atoms with Crippen LogP contribution in [0.2, 0.25) is 5.02 Å². The SMILES string of the molecule is Cl.O=C(c1cc2c(s1)CCOC2)N1CCNCC1c1cccc(Cl)c1. The summed E-state index contributed by atoms with van der Waals surface area (Å²) in [5, 5.41) is 4.09. The fourth-order valence-electron chi connectivity index (χ4n) is 3.35. The van der Waals surface area contributed by atoms with Gasteiger partial charge < -0.3 is 15.0 Å². The van der Waals surface area contributed by atoms with Crippen LogP contribution < -0.4 is 5.32 Å². The van der Waals surface area contributed by atoms with Gasteiger partial charge in [-0.15, -0.1) is 23.7 Å². The number of nitrogens with zero attached hydrogens (tertiary/aromatic N) is 1. The first-order chi connectivity index (χ1) is 11.7. The summed E-state index contributed by atoms with van der Waals surface area (Å²) in [5.41, 5.74) is 2.25. The molecule has 1 saturated heterocycles. The normalized spacial score (nSPS) is 19.9. The van der Waals surface area contributed by atoms with Gasteiger partial charge in [-0.2, -0.15) is 0 Å². The van der Waals surface area contributed by atoms with Gasteiger partial charge in [0.25, 0.3) is 5.91 Å². The number of benzene rings is 1. The molecule has 0 radical (unpaired) electrons. The number of amides is 1. The zero-order valence-electron chi connectivity index (χ0n) is 13.7. The maximum Gasteiger partial charge on any atom is 0.264 e. The Labute approximate surface area is 162 Å². The van der Waals surface area contributed by atoms with Crippen molar-refractivity contribution in [3.63, 3.8) is 0 Å². The first-order valence-electron chi connectivity index (χ1n) is 8.19. The number of carbonyl (C=O) groups is 1. The molecule has 1 aromatic carbocycles. The Morgan fingerprint density at radius 3 is 3.04 bits per heavy atom. The molecule has 3 heterocycles. The molecule has 1 fully saturated rings. The Morgan fingerprint density at radius 1 is 1.36 bits per heavy atom. The lowest BCUT2D eigenvalue weighted by atomic mass is 10.0. The molecule has 2 aliphatic rings. The van der Waals surface area contributed by atoms with E-state index in [0.29, 0.717) is 18.2 Å². The minimum Gasteiger partial charge on any atom is -0.376 e. The predicted molar refractivity (Wildman–Crippen MR) is 103 cm³/mol. The maximum absolute atomic E-state index is 13.1. The lowest BCUT2D eigenvalue weighted by Crippen LogP contribution is -2.48. The van der Waals surface area contributed by atoms with E-state index in [2.05, 4.69) is 5.32 Å². The second-order valence-corrected chi connectivity index (χ2v) is 7.71. The smallest absolute Gasteiger partial charge is 0.264 e. The molecule has 0 bridgehead atoms. The molecule has 1 atom stereocenters. The van der Waals surface area contributed by atoms with Crippen LogP contribution in [0.15, 0.2) is 30.3 Å². The molecule has 0 aliphatic carbocycles. The molecule has 2 aliphatic heterocycles. The highest BCUT2D eigenvalue weighted by atomic mass is 35.5. The van der Waals surface area contributed by atoms with Crippen LogP contribution in [-0.2, 0) is 17.8 Å². The third-order valence-corrected chi connectivity index (χ3v) is 6.04. The Morgan fingerprint density at radius 2 is 2.24 bits per heavy atom. The molecule has 0 spiro atoms. The number of fused-ring (bicyclic) bond motifs is 1. The van der Waals surface area contributed by atoms with Crippen molar-refractivity contribution in [1.82, 2.24) is 10.2 Å². The lowest BCUT2D eigenvalue weighted by molar-refractivity contribution is 0.0639. The number of hydrogen-bond acceptors (Lipinski definition) is 4. The van der Waals surface area contributed by atoms with E-state index >= 15 is 0 Å². The summed E-state index contributed by atoms with van der Waals surface area (Å²) in [5.74, 6) is 0.112. The quantitative estimate of drug-likeness (QED) is 0.838. The standard InChI is InChI=1S/C18H19ClN2O2S.ClH/c19-14-3-1-2-12(8-14)15-10-20-5-6-21(15)18(22)17-9-13-11-23-7-4-16(13)24-17;/h1-3,8-9,15,20H,4-7,10-11H2;1H. The lowest BCUT2D eigenvalue weighted by Gasteiger charge is -2.36. The third kappa shape index (κ3) is 3.86. The van der Waals surface area contributed by atoms with Crippen LogP contribution in [0.5, 0.6) is 0 Å². The molecule has 1 unspecified atom stereocenters. The van der Waals surface area contributed by atoms with Crippen LogP contribution in [0.4, 0.5) is 0 Å².